The molecule has 7 nitrogen and oxygen atoms in total. The van der Waals surface area contributed by atoms with Gasteiger partial charge in [0.25, 0.3) is 0 Å². The summed E-state index contributed by atoms with van der Waals surface area (Å²) in [5, 5.41) is 12.8. The molecule has 0 aromatic carbocycles. The molecule has 4 rings (SSSR count). The molecule has 0 radical (unpaired) electrons. The minimum absolute atomic E-state index is 0.00425. The Kier molecular flexibility index (Phi) is 5.59. The lowest BCUT2D eigenvalue weighted by Gasteiger charge is -2.20. The van der Waals surface area contributed by atoms with E-state index in [1.54, 1.807) is 0 Å². The first kappa shape index (κ1) is 22.2. The van der Waals surface area contributed by atoms with Crippen molar-refractivity contribution in [3.63, 3.8) is 0 Å². The van der Waals surface area contributed by atoms with E-state index in [9.17, 15) is 27.3 Å². The van der Waals surface area contributed by atoms with Gasteiger partial charge in [-0.25, -0.2) is 14.8 Å². The summed E-state index contributed by atoms with van der Waals surface area (Å²) in [6, 6.07) is -0.994. The highest BCUT2D eigenvalue weighted by atomic mass is 32.2. The van der Waals surface area contributed by atoms with Gasteiger partial charge < -0.3 is 19.0 Å². The van der Waals surface area contributed by atoms with E-state index in [4.69, 9.17) is 0 Å². The van der Waals surface area contributed by atoms with Gasteiger partial charge in [-0.3, -0.25) is 0 Å². The number of thiazole rings is 1. The smallest absolute Gasteiger partial charge is 0.433 e. The van der Waals surface area contributed by atoms with Crippen LogP contribution in [0, 0.1) is 0 Å². The van der Waals surface area contributed by atoms with Crippen molar-refractivity contribution < 1.29 is 27.3 Å². The molecule has 2 N–H and O–H groups in total. The summed E-state index contributed by atoms with van der Waals surface area (Å²) >= 11 is 0.946. The zero-order valence-corrected chi connectivity index (χ0v) is 18.4. The molecule has 2 aliphatic carbocycles. The zero-order valence-electron chi connectivity index (χ0n) is 16.7. The Hall–Kier alpha value is -2.05. The number of anilines is 1. The molecular weight excluding hydrogens is 453 g/mol. The lowest BCUT2D eigenvalue weighted by molar-refractivity contribution is -0.141. The second kappa shape index (κ2) is 7.82. The molecule has 2 amide bonds. The molecule has 12 heteroatoms. The standard InChI is InChI=1S/C19H20F3N4O3S2/c1-18(2,28)16-23-8-12(30-16)31(29)26-17(27)25-14-10-4-3-5-11(10)24-15(19(20,21)22)13(14)9-6-7-9/h8-9,28H,3-7H2,1-2H3,(H,24,25,27)/q-1. The molecule has 1 fully saturated rings. The van der Waals surface area contributed by atoms with Gasteiger partial charge in [0, 0.05) is 17.5 Å². The second-order valence-electron chi connectivity index (χ2n) is 8.11. The summed E-state index contributed by atoms with van der Waals surface area (Å²) in [4.78, 5) is 20.4. The number of aliphatic hydroxyl groups is 1. The average molecular weight is 474 g/mol. The molecule has 0 bridgehead atoms. The number of urea groups is 1. The quantitative estimate of drug-likeness (QED) is 0.616. The van der Waals surface area contributed by atoms with Crippen LogP contribution in [0.3, 0.4) is 0 Å². The maximum absolute atomic E-state index is 13.7. The first-order valence-corrected chi connectivity index (χ1v) is 11.6. The number of carbonyl (C=O) groups excluding carboxylic acids is 1. The SMILES string of the molecule is CC(C)(O)c1ncc([S-](=O)=NC(=O)Nc2c3c(nc(C(F)(F)F)c2C2CC2)CCC3)s1. The third-order valence-electron chi connectivity index (χ3n) is 5.09. The monoisotopic (exact) mass is 473 g/mol. The highest BCUT2D eigenvalue weighted by Gasteiger charge is 2.43. The predicted octanol–water partition coefficient (Wildman–Crippen LogP) is 4.89. The fourth-order valence-corrected chi connectivity index (χ4v) is 5.31. The average Bonchev–Trinajstić information content (AvgIpc) is 3.16. The number of aryl methyl sites for hydroxylation is 1. The summed E-state index contributed by atoms with van der Waals surface area (Å²) in [5.74, 6) is -0.313. The topological polar surface area (TPSA) is 105 Å². The van der Waals surface area contributed by atoms with Crippen molar-refractivity contribution in [2.24, 2.45) is 4.36 Å². The number of nitrogens with zero attached hydrogens (tertiary/aromatic N) is 3. The predicted molar refractivity (Wildman–Crippen MR) is 108 cm³/mol. The van der Waals surface area contributed by atoms with E-state index in [1.165, 1.54) is 20.0 Å². The molecule has 2 aromatic heterocycles. The molecule has 0 aliphatic heterocycles. The van der Waals surface area contributed by atoms with Crippen LogP contribution in [0.2, 0.25) is 0 Å². The first-order chi connectivity index (χ1) is 14.4. The van der Waals surface area contributed by atoms with Crippen LogP contribution in [0.15, 0.2) is 14.8 Å². The lowest BCUT2D eigenvalue weighted by atomic mass is 10.00. The number of fused-ring (bicyclic) bond motifs is 1. The lowest BCUT2D eigenvalue weighted by Crippen LogP contribution is -2.19. The van der Waals surface area contributed by atoms with Gasteiger partial charge >= 0.3 is 12.2 Å². The zero-order chi connectivity index (χ0) is 22.6. The van der Waals surface area contributed by atoms with E-state index in [2.05, 4.69) is 19.6 Å². The molecule has 0 unspecified atom stereocenters. The number of nitrogens with one attached hydrogen (secondary N) is 1. The van der Waals surface area contributed by atoms with Crippen molar-refractivity contribution in [3.05, 3.63) is 33.7 Å². The second-order valence-corrected chi connectivity index (χ2v) is 10.5. The van der Waals surface area contributed by atoms with Crippen LogP contribution in [0.1, 0.15) is 66.6 Å². The molecule has 0 atom stereocenters. The van der Waals surface area contributed by atoms with Gasteiger partial charge in [0.1, 0.15) is 16.3 Å². The first-order valence-electron chi connectivity index (χ1n) is 9.71. The van der Waals surface area contributed by atoms with Gasteiger partial charge in [-0.2, -0.15) is 13.2 Å². The van der Waals surface area contributed by atoms with Crippen LogP contribution < -0.4 is 5.32 Å². The number of aromatic nitrogens is 2. The number of carbonyl (C=O) groups is 1. The Balaban J connectivity index is 1.68. The van der Waals surface area contributed by atoms with Gasteiger partial charge in [-0.05, 0) is 61.6 Å². The van der Waals surface area contributed by atoms with Crippen LogP contribution in [-0.2, 0) is 39.4 Å². The maximum atomic E-state index is 13.7. The number of hydrogen-bond acceptors (Lipinski definition) is 7. The number of halogens is 3. The largest absolute Gasteiger partial charge is 0.439 e. The minimum Gasteiger partial charge on any atom is -0.439 e. The van der Waals surface area contributed by atoms with Crippen LogP contribution in [0.25, 0.3) is 0 Å². The van der Waals surface area contributed by atoms with Crippen molar-refractivity contribution in [1.29, 1.82) is 0 Å². The van der Waals surface area contributed by atoms with Crippen LogP contribution >= 0.6 is 11.3 Å². The van der Waals surface area contributed by atoms with Gasteiger partial charge in [0.05, 0.1) is 5.69 Å². The van der Waals surface area contributed by atoms with E-state index >= 15 is 0 Å². The molecule has 0 spiro atoms. The summed E-state index contributed by atoms with van der Waals surface area (Å²) in [6.45, 7) is 3.04. The Bertz CT molecular complexity index is 1130. The molecular formula is C19H20F3N4O3S2-. The number of alkyl halides is 3. The number of pyridine rings is 1. The van der Waals surface area contributed by atoms with Crippen molar-refractivity contribution in [2.75, 3.05) is 5.32 Å². The minimum atomic E-state index is -4.63. The summed E-state index contributed by atoms with van der Waals surface area (Å²) in [7, 11) is -2.10. The highest BCUT2D eigenvalue weighted by Crippen LogP contribution is 2.50. The fraction of sp³-hybridized carbons (Fsp3) is 0.526. The van der Waals surface area contributed by atoms with Gasteiger partial charge in [0.2, 0.25) is 0 Å². The number of rotatable bonds is 4. The highest BCUT2D eigenvalue weighted by molar-refractivity contribution is 7.78. The third kappa shape index (κ3) is 4.60. The Morgan fingerprint density at radius 3 is 2.61 bits per heavy atom. The van der Waals surface area contributed by atoms with Crippen LogP contribution in [-0.4, -0.2) is 21.1 Å². The molecule has 31 heavy (non-hydrogen) atoms. The van der Waals surface area contributed by atoms with E-state index in [1.807, 2.05) is 0 Å². The van der Waals surface area contributed by atoms with E-state index < -0.39 is 34.1 Å². The summed E-state index contributed by atoms with van der Waals surface area (Å²) in [6.07, 6.45) is -0.609. The van der Waals surface area contributed by atoms with E-state index in [-0.39, 0.29) is 21.4 Å². The molecule has 2 heterocycles. The molecule has 1 saturated carbocycles. The van der Waals surface area contributed by atoms with Gasteiger partial charge in [-0.1, -0.05) is 0 Å². The van der Waals surface area contributed by atoms with E-state index in [0.29, 0.717) is 48.4 Å². The van der Waals surface area contributed by atoms with Crippen molar-refractivity contribution in [2.45, 2.75) is 67.9 Å². The van der Waals surface area contributed by atoms with Gasteiger partial charge in [-0.15, -0.1) is 21.9 Å². The molecule has 2 aliphatic rings. The number of hydrogen-bond donors (Lipinski definition) is 2. The summed E-state index contributed by atoms with van der Waals surface area (Å²) in [5.41, 5.74) is -1.13. The molecule has 168 valence electrons. The van der Waals surface area contributed by atoms with Crippen LogP contribution in [0.4, 0.5) is 23.7 Å². The fourth-order valence-electron chi connectivity index (χ4n) is 3.60. The van der Waals surface area contributed by atoms with Crippen molar-refractivity contribution in [1.82, 2.24) is 9.97 Å². The Labute approximate surface area is 182 Å². The van der Waals surface area contributed by atoms with Crippen molar-refractivity contribution >= 4 is 33.7 Å². The molecule has 2 aromatic rings. The van der Waals surface area contributed by atoms with Crippen molar-refractivity contribution in [3.8, 4) is 0 Å². The third-order valence-corrected chi connectivity index (χ3v) is 7.66. The number of amides is 2. The summed E-state index contributed by atoms with van der Waals surface area (Å²) < 4.78 is 57.2. The molecule has 0 saturated heterocycles. The van der Waals surface area contributed by atoms with Gasteiger partial charge in [0.15, 0.2) is 0 Å². The Morgan fingerprint density at radius 2 is 2.03 bits per heavy atom. The normalized spacial score (nSPS) is 17.6. The van der Waals surface area contributed by atoms with E-state index in [0.717, 1.165) is 11.3 Å². The van der Waals surface area contributed by atoms with Crippen LogP contribution in [0.5, 0.6) is 0 Å². The maximum Gasteiger partial charge on any atom is 0.433 e. The Morgan fingerprint density at radius 1 is 1.32 bits per heavy atom.